The summed E-state index contributed by atoms with van der Waals surface area (Å²) in [6.07, 6.45) is 8.40. The Bertz CT molecular complexity index is 368. The topological polar surface area (TPSA) is 21.3 Å². The second-order valence-electron chi connectivity index (χ2n) is 6.07. The molecule has 1 aromatic carbocycles. The second-order valence-corrected chi connectivity index (χ2v) is 6.07. The highest BCUT2D eigenvalue weighted by molar-refractivity contribution is 5.18. The van der Waals surface area contributed by atoms with Gasteiger partial charge in [0.2, 0.25) is 0 Å². The van der Waals surface area contributed by atoms with Gasteiger partial charge >= 0.3 is 0 Å². The van der Waals surface area contributed by atoms with Crippen LogP contribution in [0.2, 0.25) is 0 Å². The third kappa shape index (κ3) is 4.05. The van der Waals surface area contributed by atoms with Crippen LogP contribution in [-0.4, -0.2) is 19.2 Å². The maximum atomic E-state index is 6.23. The van der Waals surface area contributed by atoms with Gasteiger partial charge < -0.3 is 10.1 Å². The van der Waals surface area contributed by atoms with Crippen molar-refractivity contribution in [3.63, 3.8) is 0 Å². The average molecular weight is 259 g/mol. The molecule has 104 valence electrons. The van der Waals surface area contributed by atoms with Crippen LogP contribution in [0.15, 0.2) is 30.3 Å². The molecule has 2 nitrogen and oxygen atoms in total. The molecule has 0 bridgehead atoms. The van der Waals surface area contributed by atoms with E-state index < -0.39 is 0 Å². The first-order valence-corrected chi connectivity index (χ1v) is 7.82. The summed E-state index contributed by atoms with van der Waals surface area (Å²) in [7, 11) is 0. The molecule has 2 fully saturated rings. The van der Waals surface area contributed by atoms with E-state index in [2.05, 4.69) is 35.6 Å². The first-order chi connectivity index (χ1) is 9.42. The highest BCUT2D eigenvalue weighted by Crippen LogP contribution is 2.28. The Morgan fingerprint density at radius 2 is 1.79 bits per heavy atom. The van der Waals surface area contributed by atoms with Gasteiger partial charge in [-0.05, 0) is 37.2 Å². The molecule has 19 heavy (non-hydrogen) atoms. The molecular weight excluding hydrogens is 234 g/mol. The molecule has 1 aromatic rings. The van der Waals surface area contributed by atoms with E-state index in [0.717, 1.165) is 25.1 Å². The smallest absolute Gasteiger partial charge is 0.0949 e. The van der Waals surface area contributed by atoms with Gasteiger partial charge in [0.25, 0.3) is 0 Å². The van der Waals surface area contributed by atoms with Crippen molar-refractivity contribution in [3.8, 4) is 0 Å². The van der Waals surface area contributed by atoms with Gasteiger partial charge in [-0.25, -0.2) is 0 Å². The molecule has 0 radical (unpaired) electrons. The molecule has 2 aliphatic rings. The summed E-state index contributed by atoms with van der Waals surface area (Å²) in [6, 6.07) is 11.4. The van der Waals surface area contributed by atoms with Crippen LogP contribution < -0.4 is 5.32 Å². The zero-order valence-corrected chi connectivity index (χ0v) is 11.7. The van der Waals surface area contributed by atoms with Crippen molar-refractivity contribution in [2.45, 2.75) is 50.7 Å². The highest BCUT2D eigenvalue weighted by Gasteiger charge is 2.23. The van der Waals surface area contributed by atoms with E-state index in [1.807, 2.05) is 0 Å². The minimum Gasteiger partial charge on any atom is -0.372 e. The summed E-state index contributed by atoms with van der Waals surface area (Å²) in [6.45, 7) is 1.90. The largest absolute Gasteiger partial charge is 0.372 e. The monoisotopic (exact) mass is 259 g/mol. The number of benzene rings is 1. The summed E-state index contributed by atoms with van der Waals surface area (Å²) >= 11 is 0. The molecule has 0 spiro atoms. The van der Waals surface area contributed by atoms with Crippen molar-refractivity contribution in [3.05, 3.63) is 35.9 Å². The lowest BCUT2D eigenvalue weighted by Gasteiger charge is -2.21. The van der Waals surface area contributed by atoms with E-state index in [1.54, 1.807) is 0 Å². The Morgan fingerprint density at radius 3 is 2.47 bits per heavy atom. The lowest BCUT2D eigenvalue weighted by Crippen LogP contribution is -2.26. The van der Waals surface area contributed by atoms with E-state index in [0.29, 0.717) is 0 Å². The van der Waals surface area contributed by atoms with Gasteiger partial charge in [0, 0.05) is 12.6 Å². The Kier molecular flexibility index (Phi) is 4.52. The quantitative estimate of drug-likeness (QED) is 0.806. The maximum Gasteiger partial charge on any atom is 0.0949 e. The average Bonchev–Trinajstić information content (AvgIpc) is 3.14. The second kappa shape index (κ2) is 6.53. The lowest BCUT2D eigenvalue weighted by molar-refractivity contribution is 0.0292. The van der Waals surface area contributed by atoms with E-state index in [9.17, 15) is 0 Å². The van der Waals surface area contributed by atoms with E-state index in [4.69, 9.17) is 4.74 Å². The van der Waals surface area contributed by atoms with Gasteiger partial charge in [0.05, 0.1) is 12.7 Å². The van der Waals surface area contributed by atoms with Crippen molar-refractivity contribution < 1.29 is 4.74 Å². The zero-order chi connectivity index (χ0) is 12.9. The molecule has 2 saturated carbocycles. The molecule has 0 heterocycles. The molecular formula is C17H25NO. The molecule has 2 heteroatoms. The molecule has 1 unspecified atom stereocenters. The van der Waals surface area contributed by atoms with Crippen LogP contribution in [0.3, 0.4) is 0 Å². The number of nitrogens with one attached hydrogen (secondary N) is 1. The van der Waals surface area contributed by atoms with E-state index >= 15 is 0 Å². The van der Waals surface area contributed by atoms with Crippen LogP contribution in [0, 0.1) is 5.92 Å². The first-order valence-electron chi connectivity index (χ1n) is 7.82. The number of rotatable bonds is 7. The van der Waals surface area contributed by atoms with E-state index in [-0.39, 0.29) is 6.10 Å². The van der Waals surface area contributed by atoms with Crippen LogP contribution in [0.1, 0.15) is 50.2 Å². The number of hydrogen-bond donors (Lipinski definition) is 1. The predicted molar refractivity (Wildman–Crippen MR) is 78.1 cm³/mol. The Morgan fingerprint density at radius 1 is 1.05 bits per heavy atom. The molecule has 3 rings (SSSR count). The Labute approximate surface area is 116 Å². The van der Waals surface area contributed by atoms with Crippen molar-refractivity contribution in [2.24, 2.45) is 5.92 Å². The lowest BCUT2D eigenvalue weighted by atomic mass is 10.1. The van der Waals surface area contributed by atoms with Crippen LogP contribution >= 0.6 is 0 Å². The van der Waals surface area contributed by atoms with Gasteiger partial charge in [-0.15, -0.1) is 0 Å². The number of ether oxygens (including phenoxy) is 1. The molecule has 0 aliphatic heterocycles. The summed E-state index contributed by atoms with van der Waals surface area (Å²) in [5.41, 5.74) is 1.31. The van der Waals surface area contributed by atoms with E-state index in [1.165, 1.54) is 44.1 Å². The fourth-order valence-corrected chi connectivity index (χ4v) is 2.93. The fraction of sp³-hybridized carbons (Fsp3) is 0.647. The fourth-order valence-electron chi connectivity index (χ4n) is 2.93. The first kappa shape index (κ1) is 13.1. The summed E-state index contributed by atoms with van der Waals surface area (Å²) < 4.78 is 6.23. The predicted octanol–water partition coefficient (Wildman–Crippen LogP) is 3.69. The molecule has 0 saturated heterocycles. The highest BCUT2D eigenvalue weighted by atomic mass is 16.5. The molecule has 2 aliphatic carbocycles. The SMILES string of the molecule is c1ccc(C(CNC2CC2)OCC2CCCC2)cc1. The molecule has 0 aromatic heterocycles. The third-order valence-electron chi connectivity index (χ3n) is 4.35. The summed E-state index contributed by atoms with van der Waals surface area (Å²) in [4.78, 5) is 0. The standard InChI is InChI=1S/C17H25NO/c1-2-8-15(9-3-1)17(12-18-16-10-11-16)19-13-14-6-4-5-7-14/h1-3,8-9,14,16-18H,4-7,10-13H2. The van der Waals surface area contributed by atoms with Crippen LogP contribution in [0.25, 0.3) is 0 Å². The van der Waals surface area contributed by atoms with Crippen molar-refractivity contribution in [1.82, 2.24) is 5.32 Å². The number of hydrogen-bond acceptors (Lipinski definition) is 2. The molecule has 0 amide bonds. The maximum absolute atomic E-state index is 6.23. The minimum atomic E-state index is 0.224. The zero-order valence-electron chi connectivity index (χ0n) is 11.7. The minimum absolute atomic E-state index is 0.224. The van der Waals surface area contributed by atoms with Gasteiger partial charge in [0.1, 0.15) is 0 Å². The Hall–Kier alpha value is -0.860. The van der Waals surface area contributed by atoms with Crippen LogP contribution in [0.4, 0.5) is 0 Å². The van der Waals surface area contributed by atoms with Crippen molar-refractivity contribution in [2.75, 3.05) is 13.2 Å². The molecule has 1 atom stereocenters. The summed E-state index contributed by atoms with van der Waals surface area (Å²) in [5.74, 6) is 0.798. The van der Waals surface area contributed by atoms with Crippen molar-refractivity contribution in [1.29, 1.82) is 0 Å². The summed E-state index contributed by atoms with van der Waals surface area (Å²) in [5, 5.41) is 3.61. The van der Waals surface area contributed by atoms with Crippen molar-refractivity contribution >= 4 is 0 Å². The van der Waals surface area contributed by atoms with Crippen LogP contribution in [0.5, 0.6) is 0 Å². The third-order valence-corrected chi connectivity index (χ3v) is 4.35. The van der Waals surface area contributed by atoms with Gasteiger partial charge in [-0.3, -0.25) is 0 Å². The Balaban J connectivity index is 1.54. The normalized spacial score (nSPS) is 21.7. The molecule has 1 N–H and O–H groups in total. The van der Waals surface area contributed by atoms with Gasteiger partial charge in [0.15, 0.2) is 0 Å². The van der Waals surface area contributed by atoms with Gasteiger partial charge in [-0.2, -0.15) is 0 Å². The van der Waals surface area contributed by atoms with Gasteiger partial charge in [-0.1, -0.05) is 43.2 Å². The van der Waals surface area contributed by atoms with Crippen LogP contribution in [-0.2, 0) is 4.74 Å².